The molecule has 1 heterocycles. The minimum Gasteiger partial charge on any atom is -0.350 e. The van der Waals surface area contributed by atoms with E-state index in [2.05, 4.69) is 60.5 Å². The quantitative estimate of drug-likeness (QED) is 0.629. The number of benzene rings is 2. The zero-order valence-corrected chi connectivity index (χ0v) is 18.4. The van der Waals surface area contributed by atoms with Gasteiger partial charge in [0, 0.05) is 12.1 Å². The number of carbonyl (C=O) groups excluding carboxylic acids is 1. The fraction of sp³-hybridized carbons (Fsp3) is 0.435. The molecule has 0 aliphatic carbocycles. The Morgan fingerprint density at radius 2 is 1.68 bits per heavy atom. The molecule has 3 nitrogen and oxygen atoms in total. The summed E-state index contributed by atoms with van der Waals surface area (Å²) in [6, 6.07) is 18.8. The molecule has 0 bridgehead atoms. The third kappa shape index (κ3) is 5.56. The van der Waals surface area contributed by atoms with E-state index in [1.165, 1.54) is 29.1 Å². The second kappa shape index (κ2) is 10.9. The van der Waals surface area contributed by atoms with E-state index >= 15 is 0 Å². The zero-order chi connectivity index (χ0) is 19.8. The maximum Gasteiger partial charge on any atom is 0.251 e. The highest BCUT2D eigenvalue weighted by atomic mass is 32.2. The van der Waals surface area contributed by atoms with Crippen LogP contribution in [-0.2, 0) is 0 Å². The summed E-state index contributed by atoms with van der Waals surface area (Å²) < 4.78 is 0.510. The number of hydrogen-bond donors (Lipinski definition) is 1. The summed E-state index contributed by atoms with van der Waals surface area (Å²) in [6.45, 7) is 6.86. The van der Waals surface area contributed by atoms with Crippen molar-refractivity contribution >= 4 is 29.4 Å². The molecule has 2 aromatic carbocycles. The predicted molar refractivity (Wildman–Crippen MR) is 123 cm³/mol. The van der Waals surface area contributed by atoms with Gasteiger partial charge in [-0.05, 0) is 54.3 Å². The molecule has 0 unspecified atom stereocenters. The molecule has 1 fully saturated rings. The minimum atomic E-state index is 0.00332. The molecule has 28 heavy (non-hydrogen) atoms. The van der Waals surface area contributed by atoms with E-state index in [4.69, 9.17) is 0 Å². The Bertz CT molecular complexity index is 726. The Morgan fingerprint density at radius 1 is 1.04 bits per heavy atom. The molecule has 1 aliphatic rings. The first kappa shape index (κ1) is 21.3. The summed E-state index contributed by atoms with van der Waals surface area (Å²) >= 11 is 4.01. The van der Waals surface area contributed by atoms with E-state index < -0.39 is 0 Å². The molecule has 1 atom stereocenters. The highest BCUT2D eigenvalue weighted by Gasteiger charge is 2.20. The molecule has 5 heteroatoms. The van der Waals surface area contributed by atoms with Crippen LogP contribution in [-0.4, -0.2) is 41.9 Å². The Morgan fingerprint density at radius 3 is 2.29 bits per heavy atom. The first-order valence-electron chi connectivity index (χ1n) is 10.1. The van der Waals surface area contributed by atoms with Gasteiger partial charge in [0.1, 0.15) is 0 Å². The van der Waals surface area contributed by atoms with E-state index in [9.17, 15) is 4.79 Å². The van der Waals surface area contributed by atoms with Crippen LogP contribution in [0.4, 0.5) is 0 Å². The van der Waals surface area contributed by atoms with Crippen molar-refractivity contribution in [1.82, 2.24) is 10.2 Å². The van der Waals surface area contributed by atoms with E-state index in [1.807, 2.05) is 41.7 Å². The molecule has 0 radical (unpaired) electrons. The van der Waals surface area contributed by atoms with Crippen molar-refractivity contribution in [2.75, 3.05) is 31.1 Å². The third-order valence-electron chi connectivity index (χ3n) is 5.17. The average molecular weight is 415 g/mol. The lowest BCUT2D eigenvalue weighted by molar-refractivity contribution is 0.0935. The molecular weight excluding hydrogens is 384 g/mol. The Kier molecular flexibility index (Phi) is 8.31. The second-order valence-corrected chi connectivity index (χ2v) is 9.63. The van der Waals surface area contributed by atoms with Crippen molar-refractivity contribution in [1.29, 1.82) is 0 Å². The average Bonchev–Trinajstić information content (AvgIpc) is 2.77. The first-order chi connectivity index (χ1) is 13.7. The lowest BCUT2D eigenvalue weighted by atomic mass is 10.0. The number of nitrogens with zero attached hydrogens (tertiary/aromatic N) is 1. The van der Waals surface area contributed by atoms with Crippen LogP contribution in [0, 0.1) is 0 Å². The van der Waals surface area contributed by atoms with Gasteiger partial charge in [0.25, 0.3) is 5.91 Å². The van der Waals surface area contributed by atoms with Crippen molar-refractivity contribution < 1.29 is 4.79 Å². The summed E-state index contributed by atoms with van der Waals surface area (Å²) in [7, 11) is 0. The monoisotopic (exact) mass is 414 g/mol. The van der Waals surface area contributed by atoms with Crippen LogP contribution < -0.4 is 5.32 Å². The summed E-state index contributed by atoms with van der Waals surface area (Å²) in [4.78, 5) is 15.1. The predicted octanol–water partition coefficient (Wildman–Crippen LogP) is 5.37. The number of nitrogens with one attached hydrogen (secondary N) is 1. The summed E-state index contributed by atoms with van der Waals surface area (Å²) in [5, 5.41) is 3.15. The lowest BCUT2D eigenvalue weighted by Gasteiger charge is -2.30. The summed E-state index contributed by atoms with van der Waals surface area (Å²) in [5.41, 5.74) is 3.30. The molecule has 2 aromatic rings. The molecular formula is C23H30N2OS2. The molecule has 3 rings (SSSR count). The normalized spacial score (nSPS) is 16.1. The first-order valence-corrected chi connectivity index (χ1v) is 12.2. The van der Waals surface area contributed by atoms with Crippen molar-refractivity contribution in [3.63, 3.8) is 0 Å². The van der Waals surface area contributed by atoms with Gasteiger partial charge in [-0.3, -0.25) is 9.69 Å². The third-order valence-corrected chi connectivity index (χ3v) is 8.18. The van der Waals surface area contributed by atoms with Gasteiger partial charge in [-0.2, -0.15) is 0 Å². The van der Waals surface area contributed by atoms with Crippen molar-refractivity contribution in [2.24, 2.45) is 0 Å². The second-order valence-electron chi connectivity index (χ2n) is 6.91. The molecule has 1 N–H and O–H groups in total. The smallest absolute Gasteiger partial charge is 0.251 e. The number of rotatable bonds is 8. The SMILES string of the molecule is CCN(CC)[C@H](CNC(=O)c1ccc(C2SCCCS2)cc1)c1ccccc1. The van der Waals surface area contributed by atoms with Gasteiger partial charge in [0.2, 0.25) is 0 Å². The van der Waals surface area contributed by atoms with Gasteiger partial charge in [0.05, 0.1) is 10.6 Å². The topological polar surface area (TPSA) is 32.3 Å². The summed E-state index contributed by atoms with van der Waals surface area (Å²) in [6.07, 6.45) is 1.29. The molecule has 1 aliphatic heterocycles. The maximum atomic E-state index is 12.7. The maximum absolute atomic E-state index is 12.7. The van der Waals surface area contributed by atoms with Gasteiger partial charge in [-0.15, -0.1) is 23.5 Å². The number of carbonyl (C=O) groups is 1. The van der Waals surface area contributed by atoms with E-state index in [1.54, 1.807) is 0 Å². The largest absolute Gasteiger partial charge is 0.350 e. The molecule has 150 valence electrons. The van der Waals surface area contributed by atoms with Crippen LogP contribution in [0.25, 0.3) is 0 Å². The molecule has 0 spiro atoms. The van der Waals surface area contributed by atoms with E-state index in [-0.39, 0.29) is 11.9 Å². The van der Waals surface area contributed by atoms with Crippen LogP contribution in [0.2, 0.25) is 0 Å². The molecule has 1 amide bonds. The van der Waals surface area contributed by atoms with Crippen LogP contribution in [0.5, 0.6) is 0 Å². The Labute approximate surface area is 177 Å². The van der Waals surface area contributed by atoms with Crippen LogP contribution in [0.3, 0.4) is 0 Å². The van der Waals surface area contributed by atoms with Crippen molar-refractivity contribution in [2.45, 2.75) is 30.9 Å². The van der Waals surface area contributed by atoms with Crippen molar-refractivity contribution in [3.8, 4) is 0 Å². The van der Waals surface area contributed by atoms with Gasteiger partial charge in [0.15, 0.2) is 0 Å². The Balaban J connectivity index is 1.63. The Hall–Kier alpha value is -1.43. The highest BCUT2D eigenvalue weighted by Crippen LogP contribution is 2.43. The number of amides is 1. The lowest BCUT2D eigenvalue weighted by Crippen LogP contribution is -2.38. The fourth-order valence-corrected chi connectivity index (χ4v) is 6.45. The van der Waals surface area contributed by atoms with Gasteiger partial charge < -0.3 is 5.32 Å². The van der Waals surface area contributed by atoms with Gasteiger partial charge in [-0.1, -0.05) is 56.3 Å². The van der Waals surface area contributed by atoms with Gasteiger partial charge >= 0.3 is 0 Å². The van der Waals surface area contributed by atoms with E-state index in [0.717, 1.165) is 18.7 Å². The van der Waals surface area contributed by atoms with Crippen LogP contribution in [0.1, 0.15) is 52.4 Å². The number of thioether (sulfide) groups is 2. The molecule has 0 saturated carbocycles. The van der Waals surface area contributed by atoms with Crippen molar-refractivity contribution in [3.05, 3.63) is 71.3 Å². The fourth-order valence-electron chi connectivity index (χ4n) is 3.56. The van der Waals surface area contributed by atoms with Gasteiger partial charge in [-0.25, -0.2) is 0 Å². The number of likely N-dealkylation sites (N-methyl/N-ethyl adjacent to an activating group) is 1. The standard InChI is InChI=1S/C23H30N2OS2/c1-3-25(4-2)21(18-9-6-5-7-10-18)17-24-22(26)19-11-13-20(14-12-19)23-27-15-8-16-28-23/h5-7,9-14,21,23H,3-4,8,15-17H2,1-2H3,(H,24,26)/t21-/m1/s1. The summed E-state index contributed by atoms with van der Waals surface area (Å²) in [5.74, 6) is 2.46. The number of hydrogen-bond acceptors (Lipinski definition) is 4. The zero-order valence-electron chi connectivity index (χ0n) is 16.8. The minimum absolute atomic E-state index is 0.00332. The van der Waals surface area contributed by atoms with Crippen LogP contribution >= 0.6 is 23.5 Å². The van der Waals surface area contributed by atoms with E-state index in [0.29, 0.717) is 11.1 Å². The van der Waals surface area contributed by atoms with Crippen LogP contribution in [0.15, 0.2) is 54.6 Å². The highest BCUT2D eigenvalue weighted by molar-refractivity contribution is 8.16. The molecule has 0 aromatic heterocycles. The molecule has 1 saturated heterocycles.